The zero-order valence-corrected chi connectivity index (χ0v) is 6.94. The predicted molar refractivity (Wildman–Crippen MR) is 41.0 cm³/mol. The van der Waals surface area contributed by atoms with Gasteiger partial charge in [-0.3, -0.25) is 0 Å². The fraction of sp³-hybridized carbons (Fsp3) is 0.571. The highest BCUT2D eigenvalue weighted by Gasteiger charge is 2.13. The first-order valence-corrected chi connectivity index (χ1v) is 3.65. The van der Waals surface area contributed by atoms with Crippen molar-refractivity contribution in [2.75, 3.05) is 7.05 Å². The number of rotatable bonds is 3. The first kappa shape index (κ1) is 9.12. The molecule has 0 saturated carbocycles. The van der Waals surface area contributed by atoms with Crippen LogP contribution >= 0.6 is 0 Å². The average molecular weight is 175 g/mol. The third-order valence-electron chi connectivity index (χ3n) is 1.72. The molecule has 0 aromatic carbocycles. The first-order chi connectivity index (χ1) is 5.65. The van der Waals surface area contributed by atoms with Crippen LogP contribution < -0.4 is 5.32 Å². The van der Waals surface area contributed by atoms with E-state index in [1.54, 1.807) is 7.05 Å². The Balaban J connectivity index is 2.77. The summed E-state index contributed by atoms with van der Waals surface area (Å²) in [6.45, 7) is 1.86. The van der Waals surface area contributed by atoms with Crippen molar-refractivity contribution in [2.24, 2.45) is 0 Å². The number of aromatic nitrogens is 2. The molecule has 0 spiro atoms. The zero-order valence-electron chi connectivity index (χ0n) is 6.94. The van der Waals surface area contributed by atoms with Crippen molar-refractivity contribution in [3.63, 3.8) is 0 Å². The second-order valence-corrected chi connectivity index (χ2v) is 2.53. The molecule has 12 heavy (non-hydrogen) atoms. The molecule has 1 aromatic heterocycles. The van der Waals surface area contributed by atoms with Crippen molar-refractivity contribution in [1.82, 2.24) is 15.3 Å². The smallest absolute Gasteiger partial charge is 0.295 e. The highest BCUT2D eigenvalue weighted by molar-refractivity contribution is 5.06. The molecule has 0 fully saturated rings. The van der Waals surface area contributed by atoms with E-state index in [0.717, 1.165) is 0 Å². The third kappa shape index (κ3) is 1.79. The Bertz CT molecular complexity index is 247. The molecule has 0 radical (unpaired) electrons. The van der Waals surface area contributed by atoms with Crippen LogP contribution in [0.15, 0.2) is 6.20 Å². The van der Waals surface area contributed by atoms with Gasteiger partial charge in [-0.25, -0.2) is 13.8 Å². The fourth-order valence-corrected chi connectivity index (χ4v) is 0.838. The minimum atomic E-state index is -2.53. The second-order valence-electron chi connectivity index (χ2n) is 2.53. The van der Waals surface area contributed by atoms with Gasteiger partial charge in [0.05, 0.1) is 11.9 Å². The molecule has 1 atom stereocenters. The first-order valence-electron chi connectivity index (χ1n) is 3.65. The van der Waals surface area contributed by atoms with E-state index in [1.165, 1.54) is 6.20 Å². The fourth-order valence-electron chi connectivity index (χ4n) is 0.838. The van der Waals surface area contributed by atoms with Crippen molar-refractivity contribution in [2.45, 2.75) is 19.4 Å². The van der Waals surface area contributed by atoms with Crippen LogP contribution in [0.4, 0.5) is 8.78 Å². The Morgan fingerprint density at radius 3 is 2.67 bits per heavy atom. The van der Waals surface area contributed by atoms with Gasteiger partial charge in [0.15, 0.2) is 5.82 Å². The van der Waals surface area contributed by atoms with Crippen LogP contribution in [0.3, 0.4) is 0 Å². The number of aromatic amines is 1. The van der Waals surface area contributed by atoms with E-state index in [-0.39, 0.29) is 11.9 Å². The summed E-state index contributed by atoms with van der Waals surface area (Å²) in [5, 5.41) is 2.92. The number of hydrogen-bond acceptors (Lipinski definition) is 2. The van der Waals surface area contributed by atoms with Crippen molar-refractivity contribution in [1.29, 1.82) is 0 Å². The lowest BCUT2D eigenvalue weighted by atomic mass is 10.3. The van der Waals surface area contributed by atoms with Gasteiger partial charge in [-0.15, -0.1) is 0 Å². The number of hydrogen-bond donors (Lipinski definition) is 2. The van der Waals surface area contributed by atoms with E-state index in [0.29, 0.717) is 5.69 Å². The molecular formula is C7H11F2N3. The predicted octanol–water partition coefficient (Wildman–Crippen LogP) is 1.63. The molecule has 3 nitrogen and oxygen atoms in total. The summed E-state index contributed by atoms with van der Waals surface area (Å²) in [6, 6.07) is 0.0185. The summed E-state index contributed by atoms with van der Waals surface area (Å²) in [4.78, 5) is 6.08. The molecular weight excluding hydrogens is 164 g/mol. The van der Waals surface area contributed by atoms with Crippen molar-refractivity contribution >= 4 is 0 Å². The summed E-state index contributed by atoms with van der Waals surface area (Å²) in [7, 11) is 1.76. The van der Waals surface area contributed by atoms with E-state index in [4.69, 9.17) is 0 Å². The minimum absolute atomic E-state index is 0.0185. The Morgan fingerprint density at radius 2 is 2.25 bits per heavy atom. The normalized spacial score (nSPS) is 13.8. The van der Waals surface area contributed by atoms with E-state index in [2.05, 4.69) is 15.3 Å². The molecule has 0 aliphatic rings. The molecule has 0 bridgehead atoms. The van der Waals surface area contributed by atoms with Crippen LogP contribution in [-0.4, -0.2) is 17.0 Å². The van der Waals surface area contributed by atoms with Gasteiger partial charge < -0.3 is 10.3 Å². The van der Waals surface area contributed by atoms with E-state index in [9.17, 15) is 8.78 Å². The lowest BCUT2D eigenvalue weighted by Crippen LogP contribution is -2.12. The van der Waals surface area contributed by atoms with Gasteiger partial charge in [-0.1, -0.05) is 0 Å². The minimum Gasteiger partial charge on any atom is -0.340 e. The monoisotopic (exact) mass is 175 g/mol. The number of halogens is 2. The van der Waals surface area contributed by atoms with Gasteiger partial charge in [0.1, 0.15) is 0 Å². The van der Waals surface area contributed by atoms with Crippen LogP contribution in [-0.2, 0) is 0 Å². The second kappa shape index (κ2) is 3.62. The van der Waals surface area contributed by atoms with Crippen LogP contribution in [0.2, 0.25) is 0 Å². The lowest BCUT2D eigenvalue weighted by molar-refractivity contribution is 0.141. The SMILES string of the molecule is CNC(C)c1cnc(C(F)F)[nH]1. The van der Waals surface area contributed by atoms with Gasteiger partial charge in [-0.2, -0.15) is 0 Å². The van der Waals surface area contributed by atoms with Crippen molar-refractivity contribution < 1.29 is 8.78 Å². The number of nitrogens with one attached hydrogen (secondary N) is 2. The number of H-pyrrole nitrogens is 1. The third-order valence-corrected chi connectivity index (χ3v) is 1.72. The summed E-state index contributed by atoms with van der Waals surface area (Å²) in [6.07, 6.45) is -1.11. The summed E-state index contributed by atoms with van der Waals surface area (Å²) >= 11 is 0. The maximum atomic E-state index is 12.0. The van der Waals surface area contributed by atoms with E-state index >= 15 is 0 Å². The number of nitrogens with zero attached hydrogens (tertiary/aromatic N) is 1. The maximum absolute atomic E-state index is 12.0. The summed E-state index contributed by atoms with van der Waals surface area (Å²) < 4.78 is 24.1. The van der Waals surface area contributed by atoms with Crippen LogP contribution in [0.1, 0.15) is 30.9 Å². The topological polar surface area (TPSA) is 40.7 Å². The molecule has 0 aliphatic carbocycles. The van der Waals surface area contributed by atoms with Crippen LogP contribution in [0, 0.1) is 0 Å². The highest BCUT2D eigenvalue weighted by atomic mass is 19.3. The number of imidazole rings is 1. The van der Waals surface area contributed by atoms with Crippen molar-refractivity contribution in [3.8, 4) is 0 Å². The van der Waals surface area contributed by atoms with Gasteiger partial charge in [0.2, 0.25) is 0 Å². The Labute approximate surface area is 69.2 Å². The van der Waals surface area contributed by atoms with E-state index in [1.807, 2.05) is 6.92 Å². The van der Waals surface area contributed by atoms with Gasteiger partial charge in [-0.05, 0) is 14.0 Å². The largest absolute Gasteiger partial charge is 0.340 e. The quantitative estimate of drug-likeness (QED) is 0.733. The molecule has 0 amide bonds. The molecule has 0 aliphatic heterocycles. The number of alkyl halides is 2. The van der Waals surface area contributed by atoms with E-state index < -0.39 is 6.43 Å². The Kier molecular flexibility index (Phi) is 2.75. The highest BCUT2D eigenvalue weighted by Crippen LogP contribution is 2.17. The van der Waals surface area contributed by atoms with Crippen LogP contribution in [0.5, 0.6) is 0 Å². The lowest BCUT2D eigenvalue weighted by Gasteiger charge is -2.05. The van der Waals surface area contributed by atoms with Gasteiger partial charge in [0.25, 0.3) is 6.43 Å². The molecule has 2 N–H and O–H groups in total. The van der Waals surface area contributed by atoms with Gasteiger partial charge >= 0.3 is 0 Å². The van der Waals surface area contributed by atoms with Crippen molar-refractivity contribution in [3.05, 3.63) is 17.7 Å². The summed E-state index contributed by atoms with van der Waals surface area (Å²) in [5.74, 6) is -0.271. The molecule has 1 heterocycles. The maximum Gasteiger partial charge on any atom is 0.295 e. The molecule has 5 heteroatoms. The molecule has 68 valence electrons. The Morgan fingerprint density at radius 1 is 1.58 bits per heavy atom. The molecule has 1 rings (SSSR count). The van der Waals surface area contributed by atoms with Crippen LogP contribution in [0.25, 0.3) is 0 Å². The van der Waals surface area contributed by atoms with Gasteiger partial charge in [0, 0.05) is 6.04 Å². The summed E-state index contributed by atoms with van der Waals surface area (Å²) in [5.41, 5.74) is 0.674. The zero-order chi connectivity index (χ0) is 9.14. The molecule has 1 unspecified atom stereocenters. The Hall–Kier alpha value is -0.970. The standard InChI is InChI=1S/C7H11F2N3/c1-4(10-2)5-3-11-7(12-5)6(8)9/h3-4,6,10H,1-2H3,(H,11,12). The molecule has 1 aromatic rings. The molecule has 0 saturated heterocycles. The average Bonchev–Trinajstić information content (AvgIpc) is 2.51.